The Balaban J connectivity index is 2.16. The molecule has 0 fully saturated rings. The second-order valence-corrected chi connectivity index (χ2v) is 5.20. The predicted octanol–water partition coefficient (Wildman–Crippen LogP) is 3.04. The molecule has 0 aliphatic heterocycles. The molecule has 0 atom stereocenters. The van der Waals surface area contributed by atoms with Crippen molar-refractivity contribution < 1.29 is 4.79 Å². The Hall–Kier alpha value is -1.87. The minimum Gasteiger partial charge on any atom is -0.397 e. The zero-order valence-electron chi connectivity index (χ0n) is 10.3. The molecule has 1 heterocycles. The average Bonchev–Trinajstić information content (AvgIpc) is 2.37. The highest BCUT2D eigenvalue weighted by atomic mass is 35.5. The van der Waals surface area contributed by atoms with Gasteiger partial charge in [-0.05, 0) is 54.7 Å². The molecule has 1 aromatic carbocycles. The zero-order chi connectivity index (χ0) is 13.4. The van der Waals surface area contributed by atoms with Crippen molar-refractivity contribution in [2.75, 3.05) is 5.73 Å². The van der Waals surface area contributed by atoms with Gasteiger partial charge in [0.05, 0.1) is 11.9 Å². The molecule has 0 saturated heterocycles. The van der Waals surface area contributed by atoms with Crippen molar-refractivity contribution in [2.45, 2.75) is 19.3 Å². The van der Waals surface area contributed by atoms with E-state index >= 15 is 0 Å². The van der Waals surface area contributed by atoms with Gasteiger partial charge in [0, 0.05) is 10.6 Å². The lowest BCUT2D eigenvalue weighted by Gasteiger charge is -2.15. The largest absolute Gasteiger partial charge is 0.397 e. The number of hydrogen-bond acceptors (Lipinski definition) is 3. The summed E-state index contributed by atoms with van der Waals surface area (Å²) in [5.41, 5.74) is 9.49. The molecule has 0 unspecified atom stereocenters. The Bertz CT molecular complexity index is 612. The number of nitrogen functional groups attached to an aromatic ring is 1. The van der Waals surface area contributed by atoms with Crippen LogP contribution < -0.4 is 5.73 Å². The van der Waals surface area contributed by atoms with Gasteiger partial charge in [0.25, 0.3) is 0 Å². The molecule has 2 aromatic rings. The van der Waals surface area contributed by atoms with E-state index in [4.69, 9.17) is 17.3 Å². The van der Waals surface area contributed by atoms with E-state index in [-0.39, 0.29) is 5.78 Å². The summed E-state index contributed by atoms with van der Waals surface area (Å²) in [5, 5.41) is 0.664. The number of anilines is 1. The molecule has 96 valence electrons. The maximum atomic E-state index is 12.6. The highest BCUT2D eigenvalue weighted by molar-refractivity contribution is 6.30. The summed E-state index contributed by atoms with van der Waals surface area (Å²) >= 11 is 6.00. The fourth-order valence-corrected chi connectivity index (χ4v) is 2.71. The Morgan fingerprint density at radius 2 is 1.95 bits per heavy atom. The van der Waals surface area contributed by atoms with Gasteiger partial charge in [0.2, 0.25) is 5.78 Å². The number of rotatable bonds is 0. The van der Waals surface area contributed by atoms with E-state index in [1.54, 1.807) is 12.1 Å². The van der Waals surface area contributed by atoms with Crippen molar-refractivity contribution in [3.63, 3.8) is 0 Å². The number of aryl methyl sites for hydroxylation is 2. The van der Waals surface area contributed by atoms with Gasteiger partial charge in [-0.1, -0.05) is 11.6 Å². The van der Waals surface area contributed by atoms with Gasteiger partial charge >= 0.3 is 0 Å². The van der Waals surface area contributed by atoms with E-state index in [0.717, 1.165) is 30.4 Å². The van der Waals surface area contributed by atoms with Crippen molar-refractivity contribution in [2.24, 2.45) is 0 Å². The number of carbonyl (C=O) groups is 1. The second kappa shape index (κ2) is 4.67. The van der Waals surface area contributed by atoms with Crippen LogP contribution in [0.25, 0.3) is 0 Å². The number of pyridine rings is 1. The molecular formula is C15H13ClN2O. The lowest BCUT2D eigenvalue weighted by molar-refractivity contribution is 0.103. The monoisotopic (exact) mass is 272 g/mol. The number of fused-ring (bicyclic) bond motifs is 2. The van der Waals surface area contributed by atoms with Crippen molar-refractivity contribution in [3.8, 4) is 0 Å². The number of nitrogens with zero attached hydrogens (tertiary/aromatic N) is 1. The number of aromatic nitrogens is 1. The highest BCUT2D eigenvalue weighted by Gasteiger charge is 2.21. The number of halogens is 1. The fourth-order valence-electron chi connectivity index (χ4n) is 2.51. The maximum Gasteiger partial charge on any atom is 0.211 e. The van der Waals surface area contributed by atoms with Crippen LogP contribution in [0.1, 0.15) is 33.6 Å². The summed E-state index contributed by atoms with van der Waals surface area (Å²) in [6, 6.07) is 7.25. The quantitative estimate of drug-likeness (QED) is 0.802. The molecule has 19 heavy (non-hydrogen) atoms. The smallest absolute Gasteiger partial charge is 0.211 e. The summed E-state index contributed by atoms with van der Waals surface area (Å²) in [6.07, 6.45) is 4.15. The average molecular weight is 273 g/mol. The molecule has 1 aliphatic carbocycles. The third-order valence-electron chi connectivity index (χ3n) is 3.41. The molecule has 3 rings (SSSR count). The predicted molar refractivity (Wildman–Crippen MR) is 75.6 cm³/mol. The van der Waals surface area contributed by atoms with E-state index in [2.05, 4.69) is 4.98 Å². The molecule has 1 aromatic heterocycles. The third-order valence-corrected chi connectivity index (χ3v) is 3.64. The third kappa shape index (κ3) is 2.22. The summed E-state index contributed by atoms with van der Waals surface area (Å²) in [4.78, 5) is 16.8. The Morgan fingerprint density at radius 1 is 1.16 bits per heavy atom. The van der Waals surface area contributed by atoms with Gasteiger partial charge in [0.1, 0.15) is 5.69 Å². The molecule has 1 aliphatic rings. The minimum absolute atomic E-state index is 0.0404. The standard InChI is InChI=1S/C15H13ClN2O/c16-11-4-5-13-9(6-11)2-1-3-10-7-12(17)8-18-14(10)15(13)19/h4-8H,1-3,17H2. The van der Waals surface area contributed by atoms with Gasteiger partial charge < -0.3 is 5.73 Å². The first-order valence-electron chi connectivity index (χ1n) is 6.22. The van der Waals surface area contributed by atoms with Crippen LogP contribution in [0.4, 0.5) is 5.69 Å². The van der Waals surface area contributed by atoms with Crippen molar-refractivity contribution in [3.05, 3.63) is 57.9 Å². The molecule has 0 saturated carbocycles. The van der Waals surface area contributed by atoms with Crippen LogP contribution in [-0.2, 0) is 12.8 Å². The minimum atomic E-state index is -0.0404. The van der Waals surface area contributed by atoms with Gasteiger partial charge in [0.15, 0.2) is 0 Å². The molecular weight excluding hydrogens is 260 g/mol. The van der Waals surface area contributed by atoms with Crippen LogP contribution in [0.15, 0.2) is 30.5 Å². The summed E-state index contributed by atoms with van der Waals surface area (Å²) < 4.78 is 0. The van der Waals surface area contributed by atoms with Crippen molar-refractivity contribution in [1.82, 2.24) is 4.98 Å². The molecule has 0 radical (unpaired) electrons. The van der Waals surface area contributed by atoms with E-state index in [0.29, 0.717) is 22.0 Å². The molecule has 4 heteroatoms. The fraction of sp³-hybridized carbons (Fsp3) is 0.200. The van der Waals surface area contributed by atoms with Crippen molar-refractivity contribution >= 4 is 23.1 Å². The van der Waals surface area contributed by atoms with Crippen LogP contribution in [-0.4, -0.2) is 10.8 Å². The Labute approximate surface area is 116 Å². The van der Waals surface area contributed by atoms with Gasteiger partial charge in [-0.25, -0.2) is 0 Å². The lowest BCUT2D eigenvalue weighted by Crippen LogP contribution is -2.14. The Kier molecular flexibility index (Phi) is 2.99. The number of benzene rings is 1. The zero-order valence-corrected chi connectivity index (χ0v) is 11.1. The first kappa shape index (κ1) is 12.2. The van der Waals surface area contributed by atoms with Crippen LogP contribution in [0.2, 0.25) is 5.02 Å². The molecule has 0 spiro atoms. The van der Waals surface area contributed by atoms with E-state index < -0.39 is 0 Å². The summed E-state index contributed by atoms with van der Waals surface area (Å²) in [6.45, 7) is 0. The van der Waals surface area contributed by atoms with Gasteiger partial charge in [-0.2, -0.15) is 0 Å². The molecule has 2 N–H and O–H groups in total. The second-order valence-electron chi connectivity index (χ2n) is 4.76. The van der Waals surface area contributed by atoms with Crippen molar-refractivity contribution in [1.29, 1.82) is 0 Å². The number of carbonyl (C=O) groups excluding carboxylic acids is 1. The van der Waals surface area contributed by atoms with E-state index in [1.165, 1.54) is 6.20 Å². The summed E-state index contributed by atoms with van der Waals surface area (Å²) in [5.74, 6) is -0.0404. The van der Waals surface area contributed by atoms with Gasteiger partial charge in [-0.15, -0.1) is 0 Å². The molecule has 0 bridgehead atoms. The van der Waals surface area contributed by atoms with Crippen LogP contribution in [0.5, 0.6) is 0 Å². The molecule has 3 nitrogen and oxygen atoms in total. The van der Waals surface area contributed by atoms with Crippen LogP contribution >= 0.6 is 11.6 Å². The van der Waals surface area contributed by atoms with Gasteiger partial charge in [-0.3, -0.25) is 9.78 Å². The number of hydrogen-bond donors (Lipinski definition) is 1. The van der Waals surface area contributed by atoms with Crippen LogP contribution in [0, 0.1) is 0 Å². The van der Waals surface area contributed by atoms with Crippen LogP contribution in [0.3, 0.4) is 0 Å². The van der Waals surface area contributed by atoms with E-state index in [1.807, 2.05) is 12.1 Å². The van der Waals surface area contributed by atoms with E-state index in [9.17, 15) is 4.79 Å². The molecule has 0 amide bonds. The number of ketones is 1. The lowest BCUT2D eigenvalue weighted by atomic mass is 9.90. The maximum absolute atomic E-state index is 12.6. The topological polar surface area (TPSA) is 56.0 Å². The normalized spacial score (nSPS) is 14.3. The number of nitrogens with two attached hydrogens (primary N) is 1. The summed E-state index contributed by atoms with van der Waals surface area (Å²) in [7, 11) is 0. The highest BCUT2D eigenvalue weighted by Crippen LogP contribution is 2.25. The Morgan fingerprint density at radius 3 is 2.79 bits per heavy atom. The first-order chi connectivity index (χ1) is 9.15. The first-order valence-corrected chi connectivity index (χ1v) is 6.60. The SMILES string of the molecule is Nc1cnc2c(c1)CCCc1cc(Cl)ccc1C2=O.